The molecule has 0 heterocycles. The lowest BCUT2D eigenvalue weighted by Gasteiger charge is -2.15. The number of rotatable bonds is 9. The van der Waals surface area contributed by atoms with Crippen molar-refractivity contribution in [1.29, 1.82) is 0 Å². The average molecular weight is 251 g/mol. The second kappa shape index (κ2) is 10.2. The quantitative estimate of drug-likeness (QED) is 0.483. The number of allylic oxidation sites excluding steroid dienone is 2. The maximum atomic E-state index is 11.5. The molecule has 0 saturated carbocycles. The number of hydrogen-bond donors (Lipinski definition) is 1. The predicted octanol–water partition coefficient (Wildman–Crippen LogP) is 4.21. The lowest BCUT2D eigenvalue weighted by Crippen LogP contribution is -2.23. The summed E-state index contributed by atoms with van der Waals surface area (Å²) < 4.78 is 0. The highest BCUT2D eigenvalue weighted by atomic mass is 16.1. The largest absolute Gasteiger partial charge is 0.356 e. The van der Waals surface area contributed by atoms with Gasteiger partial charge in [0.25, 0.3) is 0 Å². The molecule has 0 radical (unpaired) electrons. The standard InChI is InChI=1S/C16H29NO/c1-2-3-14-17-16(18)13-9-5-8-12-15-10-6-4-7-11-15/h6,10,15H,2-5,7-9,11-14H2,1H3,(H,17,18). The molecule has 1 aliphatic rings. The fraction of sp³-hybridized carbons (Fsp3) is 0.812. The molecule has 0 bridgehead atoms. The maximum absolute atomic E-state index is 11.5. The molecule has 2 nitrogen and oxygen atoms in total. The zero-order valence-corrected chi connectivity index (χ0v) is 11.9. The molecule has 0 aliphatic heterocycles. The Bertz CT molecular complexity index is 247. The SMILES string of the molecule is CCCCNC(=O)CCCCCC1C=CCCC1. The summed E-state index contributed by atoms with van der Waals surface area (Å²) in [6.07, 6.45) is 16.5. The summed E-state index contributed by atoms with van der Waals surface area (Å²) in [4.78, 5) is 11.5. The van der Waals surface area contributed by atoms with Gasteiger partial charge in [-0.2, -0.15) is 0 Å². The minimum atomic E-state index is 0.237. The Labute approximate surface area is 112 Å². The fourth-order valence-corrected chi connectivity index (χ4v) is 2.49. The second-order valence-corrected chi connectivity index (χ2v) is 5.42. The van der Waals surface area contributed by atoms with Crippen LogP contribution in [0.25, 0.3) is 0 Å². The third kappa shape index (κ3) is 7.52. The number of carbonyl (C=O) groups is 1. The summed E-state index contributed by atoms with van der Waals surface area (Å²) >= 11 is 0. The topological polar surface area (TPSA) is 29.1 Å². The van der Waals surface area contributed by atoms with Crippen LogP contribution >= 0.6 is 0 Å². The zero-order valence-electron chi connectivity index (χ0n) is 11.9. The van der Waals surface area contributed by atoms with Gasteiger partial charge in [0.15, 0.2) is 0 Å². The van der Waals surface area contributed by atoms with E-state index < -0.39 is 0 Å². The van der Waals surface area contributed by atoms with Crippen LogP contribution in [0.5, 0.6) is 0 Å². The minimum Gasteiger partial charge on any atom is -0.356 e. The Kier molecular flexibility index (Phi) is 8.62. The highest BCUT2D eigenvalue weighted by Gasteiger charge is 2.07. The van der Waals surface area contributed by atoms with Crippen molar-refractivity contribution in [1.82, 2.24) is 5.32 Å². The van der Waals surface area contributed by atoms with Crippen molar-refractivity contribution in [2.24, 2.45) is 5.92 Å². The van der Waals surface area contributed by atoms with E-state index in [1.165, 1.54) is 38.5 Å². The summed E-state index contributed by atoms with van der Waals surface area (Å²) in [5.41, 5.74) is 0. The molecule has 1 aliphatic carbocycles. The van der Waals surface area contributed by atoms with Crippen LogP contribution in [-0.2, 0) is 4.79 Å². The molecule has 1 N–H and O–H groups in total. The van der Waals surface area contributed by atoms with E-state index >= 15 is 0 Å². The van der Waals surface area contributed by atoms with E-state index in [-0.39, 0.29) is 5.91 Å². The molecule has 2 heteroatoms. The molecule has 0 spiro atoms. The summed E-state index contributed by atoms with van der Waals surface area (Å²) in [6.45, 7) is 2.99. The molecule has 1 rings (SSSR count). The smallest absolute Gasteiger partial charge is 0.219 e. The Hall–Kier alpha value is -0.790. The van der Waals surface area contributed by atoms with Crippen molar-refractivity contribution < 1.29 is 4.79 Å². The summed E-state index contributed by atoms with van der Waals surface area (Å²) in [5, 5.41) is 2.97. The molecule has 1 atom stereocenters. The van der Waals surface area contributed by atoms with Gasteiger partial charge in [-0.3, -0.25) is 4.79 Å². The van der Waals surface area contributed by atoms with Gasteiger partial charge in [-0.25, -0.2) is 0 Å². The van der Waals surface area contributed by atoms with Gasteiger partial charge < -0.3 is 5.32 Å². The molecule has 0 aromatic heterocycles. The minimum absolute atomic E-state index is 0.237. The van der Waals surface area contributed by atoms with Crippen molar-refractivity contribution in [3.63, 3.8) is 0 Å². The first-order valence-corrected chi connectivity index (χ1v) is 7.76. The number of carbonyl (C=O) groups excluding carboxylic acids is 1. The first kappa shape index (κ1) is 15.3. The van der Waals surface area contributed by atoms with Crippen molar-refractivity contribution in [2.75, 3.05) is 6.54 Å². The van der Waals surface area contributed by atoms with Crippen molar-refractivity contribution >= 4 is 5.91 Å². The third-order valence-corrected chi connectivity index (χ3v) is 3.69. The first-order chi connectivity index (χ1) is 8.83. The average Bonchev–Trinajstić information content (AvgIpc) is 2.40. The van der Waals surface area contributed by atoms with Crippen molar-refractivity contribution in [2.45, 2.75) is 71.1 Å². The number of hydrogen-bond acceptors (Lipinski definition) is 1. The van der Waals surface area contributed by atoms with E-state index in [0.29, 0.717) is 6.42 Å². The Morgan fingerprint density at radius 3 is 2.89 bits per heavy atom. The van der Waals surface area contributed by atoms with Gasteiger partial charge in [-0.15, -0.1) is 0 Å². The van der Waals surface area contributed by atoms with Gasteiger partial charge in [0, 0.05) is 13.0 Å². The highest BCUT2D eigenvalue weighted by molar-refractivity contribution is 5.75. The van der Waals surface area contributed by atoms with Crippen LogP contribution in [0.15, 0.2) is 12.2 Å². The molecule has 1 amide bonds. The van der Waals surface area contributed by atoms with Gasteiger partial charge in [-0.05, 0) is 44.4 Å². The van der Waals surface area contributed by atoms with Crippen LogP contribution in [0.2, 0.25) is 0 Å². The fourth-order valence-electron chi connectivity index (χ4n) is 2.49. The van der Waals surface area contributed by atoms with Crippen LogP contribution in [0, 0.1) is 5.92 Å². The van der Waals surface area contributed by atoms with Crippen LogP contribution in [0.3, 0.4) is 0 Å². The van der Waals surface area contributed by atoms with E-state index in [2.05, 4.69) is 24.4 Å². The lowest BCUT2D eigenvalue weighted by atomic mass is 9.91. The lowest BCUT2D eigenvalue weighted by molar-refractivity contribution is -0.121. The van der Waals surface area contributed by atoms with E-state index in [1.54, 1.807) is 0 Å². The Balaban J connectivity index is 1.90. The Morgan fingerprint density at radius 2 is 2.17 bits per heavy atom. The van der Waals surface area contributed by atoms with Gasteiger partial charge in [-0.1, -0.05) is 38.3 Å². The van der Waals surface area contributed by atoms with Gasteiger partial charge in [0.05, 0.1) is 0 Å². The number of unbranched alkanes of at least 4 members (excludes halogenated alkanes) is 3. The molecule has 0 saturated heterocycles. The Morgan fingerprint density at radius 1 is 1.28 bits per heavy atom. The van der Waals surface area contributed by atoms with Gasteiger partial charge in [0.2, 0.25) is 5.91 Å². The van der Waals surface area contributed by atoms with Crippen LogP contribution in [-0.4, -0.2) is 12.5 Å². The van der Waals surface area contributed by atoms with Gasteiger partial charge >= 0.3 is 0 Å². The molecular weight excluding hydrogens is 222 g/mol. The first-order valence-electron chi connectivity index (χ1n) is 7.76. The van der Waals surface area contributed by atoms with E-state index in [1.807, 2.05) is 0 Å². The molecule has 0 aromatic carbocycles. The maximum Gasteiger partial charge on any atom is 0.219 e. The summed E-state index contributed by atoms with van der Waals surface area (Å²) in [6, 6.07) is 0. The molecule has 18 heavy (non-hydrogen) atoms. The molecule has 0 fully saturated rings. The molecular formula is C16H29NO. The number of amides is 1. The predicted molar refractivity (Wildman–Crippen MR) is 77.5 cm³/mol. The monoisotopic (exact) mass is 251 g/mol. The second-order valence-electron chi connectivity index (χ2n) is 5.42. The normalized spacial score (nSPS) is 18.8. The van der Waals surface area contributed by atoms with Crippen LogP contribution in [0.4, 0.5) is 0 Å². The van der Waals surface area contributed by atoms with E-state index in [4.69, 9.17) is 0 Å². The zero-order chi connectivity index (χ0) is 13.1. The van der Waals surface area contributed by atoms with E-state index in [9.17, 15) is 4.79 Å². The van der Waals surface area contributed by atoms with Crippen LogP contribution < -0.4 is 5.32 Å². The summed E-state index contributed by atoms with van der Waals surface area (Å²) in [5.74, 6) is 1.05. The van der Waals surface area contributed by atoms with E-state index in [0.717, 1.165) is 31.7 Å². The van der Waals surface area contributed by atoms with Crippen molar-refractivity contribution in [3.05, 3.63) is 12.2 Å². The summed E-state index contributed by atoms with van der Waals surface area (Å²) in [7, 11) is 0. The molecule has 1 unspecified atom stereocenters. The molecule has 104 valence electrons. The van der Waals surface area contributed by atoms with Crippen LogP contribution in [0.1, 0.15) is 71.1 Å². The molecule has 0 aromatic rings. The highest BCUT2D eigenvalue weighted by Crippen LogP contribution is 2.22. The van der Waals surface area contributed by atoms with Gasteiger partial charge in [0.1, 0.15) is 0 Å². The third-order valence-electron chi connectivity index (χ3n) is 3.69. The number of nitrogens with one attached hydrogen (secondary N) is 1. The van der Waals surface area contributed by atoms with Crippen molar-refractivity contribution in [3.8, 4) is 0 Å².